The molecule has 0 aliphatic carbocycles. The first-order valence-corrected chi connectivity index (χ1v) is 6.06. The van der Waals surface area contributed by atoms with E-state index in [9.17, 15) is 9.59 Å². The van der Waals surface area contributed by atoms with Gasteiger partial charge in [-0.2, -0.15) is 0 Å². The van der Waals surface area contributed by atoms with Crippen molar-refractivity contribution in [2.45, 2.75) is 26.4 Å². The normalized spacial score (nSPS) is 11.7. The number of hydrogen-bond donors (Lipinski definition) is 0. The highest BCUT2D eigenvalue weighted by molar-refractivity contribution is 5.97. The molecule has 0 aliphatic heterocycles. The fourth-order valence-electron chi connectivity index (χ4n) is 1.08. The molecule has 0 spiro atoms. The van der Waals surface area contributed by atoms with Gasteiger partial charge in [-0.3, -0.25) is 4.79 Å². The monoisotopic (exact) mass is 268 g/mol. The maximum absolute atomic E-state index is 11.8. The van der Waals surface area contributed by atoms with Crippen molar-refractivity contribution in [3.63, 3.8) is 0 Å². The molecule has 0 heterocycles. The minimum atomic E-state index is -0.606. The molecule has 1 amide bonds. The summed E-state index contributed by atoms with van der Waals surface area (Å²) in [6, 6.07) is 0. The largest absolute Gasteiger partial charge is 0.455 e. The number of rotatable bonds is 5. The van der Waals surface area contributed by atoms with Crippen LogP contribution in [0.2, 0.25) is 0 Å². The summed E-state index contributed by atoms with van der Waals surface area (Å²) in [4.78, 5) is 26.6. The van der Waals surface area contributed by atoms with E-state index in [1.165, 1.54) is 18.0 Å². The van der Waals surface area contributed by atoms with Crippen LogP contribution in [0, 0.1) is 0 Å². The Morgan fingerprint density at radius 2 is 1.74 bits per heavy atom. The van der Waals surface area contributed by atoms with Gasteiger partial charge in [0.15, 0.2) is 0 Å². The zero-order valence-electron chi connectivity index (χ0n) is 12.7. The Kier molecular flexibility index (Phi) is 6.48. The molecule has 0 aromatic rings. The van der Waals surface area contributed by atoms with Crippen LogP contribution in [0.4, 0.5) is 0 Å². The summed E-state index contributed by atoms with van der Waals surface area (Å²) in [6.07, 6.45) is 3.14. The molecular weight excluding hydrogens is 244 g/mol. The molecule has 0 radical (unpaired) electrons. The highest BCUT2D eigenvalue weighted by Gasteiger charge is 2.22. The fraction of sp³-hybridized carbons (Fsp3) is 0.571. The van der Waals surface area contributed by atoms with Crippen LogP contribution >= 0.6 is 0 Å². The number of likely N-dealkylation sites (N-methyl/N-ethyl adjacent to an activating group) is 2. The third kappa shape index (κ3) is 7.41. The predicted octanol–water partition coefficient (Wildman–Crippen LogP) is 1.42. The third-order valence-corrected chi connectivity index (χ3v) is 2.10. The summed E-state index contributed by atoms with van der Waals surface area (Å²) in [7, 11) is 5.30. The topological polar surface area (TPSA) is 49.9 Å². The summed E-state index contributed by atoms with van der Waals surface area (Å²) < 4.78 is 5.15. The smallest absolute Gasteiger partial charge is 0.354 e. The van der Waals surface area contributed by atoms with Gasteiger partial charge < -0.3 is 14.5 Å². The van der Waals surface area contributed by atoms with Crippen LogP contribution in [-0.2, 0) is 14.3 Å². The standard InChI is InChI=1S/C14H24N2O3/c1-11(13(18)19-14(2,3)4)16(7)12(17)9-8-10-15(5)6/h8-9H,1,10H2,2-7H3/b9-8+. The summed E-state index contributed by atoms with van der Waals surface area (Å²) in [5, 5.41) is 0. The Morgan fingerprint density at radius 1 is 1.21 bits per heavy atom. The molecule has 0 aliphatic rings. The quantitative estimate of drug-likeness (QED) is 0.559. The van der Waals surface area contributed by atoms with Crippen molar-refractivity contribution in [1.82, 2.24) is 9.80 Å². The molecule has 0 rings (SSSR count). The lowest BCUT2D eigenvalue weighted by molar-refractivity contribution is -0.153. The Balaban J connectivity index is 4.52. The SMILES string of the molecule is C=C(C(=O)OC(C)(C)C)N(C)C(=O)/C=C/CN(C)C. The third-order valence-electron chi connectivity index (χ3n) is 2.10. The van der Waals surface area contributed by atoms with Gasteiger partial charge in [0.25, 0.3) is 5.91 Å². The fourth-order valence-corrected chi connectivity index (χ4v) is 1.08. The maximum Gasteiger partial charge on any atom is 0.354 e. The van der Waals surface area contributed by atoms with Crippen molar-refractivity contribution < 1.29 is 14.3 Å². The Hall–Kier alpha value is -1.62. The van der Waals surface area contributed by atoms with Crippen molar-refractivity contribution in [2.75, 3.05) is 27.7 Å². The van der Waals surface area contributed by atoms with E-state index in [4.69, 9.17) is 4.74 Å². The number of esters is 1. The molecular formula is C14H24N2O3. The van der Waals surface area contributed by atoms with Crippen LogP contribution in [0.15, 0.2) is 24.4 Å². The second kappa shape index (κ2) is 7.09. The van der Waals surface area contributed by atoms with E-state index in [1.807, 2.05) is 19.0 Å². The van der Waals surface area contributed by atoms with Crippen molar-refractivity contribution in [3.8, 4) is 0 Å². The highest BCUT2D eigenvalue weighted by atomic mass is 16.6. The highest BCUT2D eigenvalue weighted by Crippen LogP contribution is 2.12. The zero-order chi connectivity index (χ0) is 15.2. The Labute approximate surface area is 115 Å². The van der Waals surface area contributed by atoms with Crippen molar-refractivity contribution in [2.24, 2.45) is 0 Å². The van der Waals surface area contributed by atoms with Gasteiger partial charge in [-0.25, -0.2) is 4.79 Å². The van der Waals surface area contributed by atoms with Crippen LogP contribution in [0.1, 0.15) is 20.8 Å². The lowest BCUT2D eigenvalue weighted by Crippen LogP contribution is -2.33. The summed E-state index contributed by atoms with van der Waals surface area (Å²) in [5.74, 6) is -0.901. The Bertz CT molecular complexity index is 379. The van der Waals surface area contributed by atoms with Gasteiger partial charge in [-0.05, 0) is 34.9 Å². The average Bonchev–Trinajstić information content (AvgIpc) is 2.23. The molecule has 19 heavy (non-hydrogen) atoms. The van der Waals surface area contributed by atoms with E-state index >= 15 is 0 Å². The summed E-state index contributed by atoms with van der Waals surface area (Å²) in [5.41, 5.74) is -0.584. The summed E-state index contributed by atoms with van der Waals surface area (Å²) >= 11 is 0. The average molecular weight is 268 g/mol. The number of nitrogens with zero attached hydrogens (tertiary/aromatic N) is 2. The molecule has 0 unspecified atom stereocenters. The molecule has 0 atom stereocenters. The maximum atomic E-state index is 11.8. The minimum absolute atomic E-state index is 0.0226. The first-order chi connectivity index (χ1) is 8.54. The van der Waals surface area contributed by atoms with Crippen molar-refractivity contribution in [1.29, 1.82) is 0 Å². The lowest BCUT2D eigenvalue weighted by atomic mass is 10.2. The molecule has 0 saturated carbocycles. The predicted molar refractivity (Wildman–Crippen MR) is 75.4 cm³/mol. The van der Waals surface area contributed by atoms with E-state index in [0.717, 1.165) is 0 Å². The second-order valence-electron chi connectivity index (χ2n) is 5.51. The minimum Gasteiger partial charge on any atom is -0.455 e. The molecule has 108 valence electrons. The molecule has 0 bridgehead atoms. The van der Waals surface area contributed by atoms with E-state index in [0.29, 0.717) is 6.54 Å². The van der Waals surface area contributed by atoms with Crippen LogP contribution in [0.25, 0.3) is 0 Å². The van der Waals surface area contributed by atoms with Gasteiger partial charge in [-0.15, -0.1) is 0 Å². The molecule has 5 nitrogen and oxygen atoms in total. The lowest BCUT2D eigenvalue weighted by Gasteiger charge is -2.23. The van der Waals surface area contributed by atoms with E-state index in [1.54, 1.807) is 26.8 Å². The van der Waals surface area contributed by atoms with Crippen LogP contribution in [0.3, 0.4) is 0 Å². The van der Waals surface area contributed by atoms with E-state index in [-0.39, 0.29) is 11.6 Å². The molecule has 0 aromatic carbocycles. The van der Waals surface area contributed by atoms with Crippen molar-refractivity contribution >= 4 is 11.9 Å². The first kappa shape index (κ1) is 17.4. The number of hydrogen-bond acceptors (Lipinski definition) is 4. The molecule has 5 heteroatoms. The number of carbonyl (C=O) groups excluding carboxylic acids is 2. The molecule has 0 aromatic heterocycles. The Morgan fingerprint density at radius 3 is 2.16 bits per heavy atom. The van der Waals surface area contributed by atoms with E-state index in [2.05, 4.69) is 6.58 Å². The molecule has 0 N–H and O–H groups in total. The van der Waals surface area contributed by atoms with Crippen molar-refractivity contribution in [3.05, 3.63) is 24.4 Å². The molecule has 0 fully saturated rings. The number of amides is 1. The van der Waals surface area contributed by atoms with Crippen LogP contribution in [-0.4, -0.2) is 55.0 Å². The van der Waals surface area contributed by atoms with Crippen LogP contribution < -0.4 is 0 Å². The van der Waals surface area contributed by atoms with Gasteiger partial charge in [0, 0.05) is 19.7 Å². The first-order valence-electron chi connectivity index (χ1n) is 6.06. The number of ether oxygens (including phenoxy) is 1. The second-order valence-corrected chi connectivity index (χ2v) is 5.51. The van der Waals surface area contributed by atoms with E-state index < -0.39 is 11.6 Å². The number of carbonyl (C=O) groups is 2. The summed E-state index contributed by atoms with van der Waals surface area (Å²) in [6.45, 7) is 9.52. The van der Waals surface area contributed by atoms with Gasteiger partial charge in [0.2, 0.25) is 0 Å². The zero-order valence-corrected chi connectivity index (χ0v) is 12.7. The van der Waals surface area contributed by atoms with Gasteiger partial charge >= 0.3 is 5.97 Å². The van der Waals surface area contributed by atoms with Gasteiger partial charge in [0.05, 0.1) is 0 Å². The van der Waals surface area contributed by atoms with Crippen LogP contribution in [0.5, 0.6) is 0 Å². The molecule has 0 saturated heterocycles. The van der Waals surface area contributed by atoms with Gasteiger partial charge in [-0.1, -0.05) is 12.7 Å². The van der Waals surface area contributed by atoms with Gasteiger partial charge in [0.1, 0.15) is 11.3 Å².